The summed E-state index contributed by atoms with van der Waals surface area (Å²) in [6, 6.07) is 8.20. The number of rotatable bonds is 2. The van der Waals surface area contributed by atoms with E-state index in [1.807, 2.05) is 18.4 Å². The first-order valence-corrected chi connectivity index (χ1v) is 7.80. The number of fused-ring (bicyclic) bond motifs is 1. The van der Waals surface area contributed by atoms with Crippen LogP contribution in [-0.2, 0) is 6.54 Å². The van der Waals surface area contributed by atoms with Crippen molar-refractivity contribution < 1.29 is 0 Å². The van der Waals surface area contributed by atoms with Crippen LogP contribution in [0.3, 0.4) is 0 Å². The molecule has 0 unspecified atom stereocenters. The molecule has 1 aromatic carbocycles. The second-order valence-electron chi connectivity index (χ2n) is 3.35. The Balaban J connectivity index is 2.65. The third-order valence-electron chi connectivity index (χ3n) is 2.30. The number of benzene rings is 1. The van der Waals surface area contributed by atoms with Gasteiger partial charge in [-0.15, -0.1) is 0 Å². The van der Waals surface area contributed by atoms with Gasteiger partial charge in [-0.05, 0) is 18.4 Å². The fourth-order valence-corrected chi connectivity index (χ4v) is 3.05. The third kappa shape index (κ3) is 2.75. The Bertz CT molecular complexity index is 597. The van der Waals surface area contributed by atoms with Crippen molar-refractivity contribution in [2.24, 2.45) is 4.99 Å². The summed E-state index contributed by atoms with van der Waals surface area (Å²) in [5, 5.41) is 7.99. The Morgan fingerprint density at radius 3 is 3.00 bits per heavy atom. The van der Waals surface area contributed by atoms with Gasteiger partial charge in [0.05, 0.1) is 10.2 Å². The monoisotopic (exact) mass is 283 g/mol. The van der Waals surface area contributed by atoms with Crippen LogP contribution in [0, 0.1) is 5.41 Å². The smallest absolute Gasteiger partial charge is 0.192 e. The fraction of sp³-hybridized carbons (Fsp3) is 0.273. The molecule has 2 aromatic rings. The van der Waals surface area contributed by atoms with Crippen molar-refractivity contribution in [3.8, 4) is 0 Å². The molecule has 0 atom stereocenters. The zero-order valence-electron chi connectivity index (χ0n) is 9.38. The highest BCUT2D eigenvalue weighted by molar-refractivity contribution is 8.13. The summed E-state index contributed by atoms with van der Waals surface area (Å²) >= 11 is 7.24. The van der Waals surface area contributed by atoms with Crippen molar-refractivity contribution in [2.75, 3.05) is 12.0 Å². The lowest BCUT2D eigenvalue weighted by Crippen LogP contribution is -2.16. The number of nitrogens with one attached hydrogen (secondary N) is 1. The minimum absolute atomic E-state index is 0.337. The molecule has 90 valence electrons. The van der Waals surface area contributed by atoms with E-state index in [4.69, 9.17) is 5.41 Å². The van der Waals surface area contributed by atoms with Crippen LogP contribution in [-0.4, -0.2) is 21.7 Å². The van der Waals surface area contributed by atoms with Crippen molar-refractivity contribution in [1.29, 1.82) is 5.41 Å². The molecule has 0 aliphatic rings. The number of hydrogen-bond acceptors (Lipinski definition) is 4. The van der Waals surface area contributed by atoms with Crippen LogP contribution in [0.2, 0.25) is 0 Å². The molecule has 3 nitrogen and oxygen atoms in total. The number of thioether (sulfide) groups is 1. The Morgan fingerprint density at radius 1 is 1.53 bits per heavy atom. The average molecular weight is 283 g/mol. The van der Waals surface area contributed by atoms with Gasteiger partial charge in [-0.3, -0.25) is 5.41 Å². The van der Waals surface area contributed by atoms with Crippen molar-refractivity contribution >= 4 is 51.1 Å². The van der Waals surface area contributed by atoms with E-state index >= 15 is 0 Å². The molecule has 0 fully saturated rings. The van der Waals surface area contributed by atoms with Gasteiger partial charge < -0.3 is 4.57 Å². The molecule has 1 N–H and O–H groups in total. The van der Waals surface area contributed by atoms with Crippen LogP contribution < -0.4 is 4.80 Å². The van der Waals surface area contributed by atoms with Gasteiger partial charge in [0.2, 0.25) is 0 Å². The van der Waals surface area contributed by atoms with Crippen LogP contribution in [0.25, 0.3) is 10.2 Å². The first-order chi connectivity index (χ1) is 8.26. The van der Waals surface area contributed by atoms with Crippen LogP contribution >= 0.6 is 35.7 Å². The standard InChI is InChI=1S/C11H13N3S3/c1-16-10(12)13-11-14(6-7-15)8-4-2-3-5-9(8)17-11/h2-5,12,15H,6-7H2,1H3/b12-10?,13-11+. The van der Waals surface area contributed by atoms with Crippen molar-refractivity contribution in [3.05, 3.63) is 29.1 Å². The highest BCUT2D eigenvalue weighted by Gasteiger charge is 2.05. The molecule has 2 rings (SSSR count). The van der Waals surface area contributed by atoms with E-state index in [9.17, 15) is 0 Å². The number of thiol groups is 1. The molecule has 0 spiro atoms. The molecule has 17 heavy (non-hydrogen) atoms. The summed E-state index contributed by atoms with van der Waals surface area (Å²) in [4.78, 5) is 5.20. The van der Waals surface area contributed by atoms with Gasteiger partial charge in [0, 0.05) is 12.3 Å². The van der Waals surface area contributed by atoms with Crippen molar-refractivity contribution in [2.45, 2.75) is 6.54 Å². The maximum absolute atomic E-state index is 7.65. The summed E-state index contributed by atoms with van der Waals surface area (Å²) in [5.74, 6) is 0.764. The van der Waals surface area contributed by atoms with Gasteiger partial charge in [-0.25, -0.2) is 0 Å². The number of nitrogens with zero attached hydrogens (tertiary/aromatic N) is 2. The molecule has 0 radical (unpaired) electrons. The normalized spacial score (nSPS) is 12.2. The lowest BCUT2D eigenvalue weighted by molar-refractivity contribution is 0.778. The molecule has 0 saturated carbocycles. The molecule has 0 amide bonds. The Kier molecular flexibility index (Phi) is 4.31. The van der Waals surface area contributed by atoms with Crippen molar-refractivity contribution in [3.63, 3.8) is 0 Å². The van der Waals surface area contributed by atoms with Gasteiger partial charge in [0.25, 0.3) is 0 Å². The number of hydrogen-bond donors (Lipinski definition) is 2. The van der Waals surface area contributed by atoms with Gasteiger partial charge in [0.15, 0.2) is 9.97 Å². The predicted molar refractivity (Wildman–Crippen MR) is 80.5 cm³/mol. The predicted octanol–water partition coefficient (Wildman–Crippen LogP) is 2.83. The lowest BCUT2D eigenvalue weighted by atomic mass is 10.3. The largest absolute Gasteiger partial charge is 0.316 e. The van der Waals surface area contributed by atoms with Crippen LogP contribution in [0.4, 0.5) is 0 Å². The summed E-state index contributed by atoms with van der Waals surface area (Å²) in [5.41, 5.74) is 1.17. The zero-order chi connectivity index (χ0) is 12.3. The van der Waals surface area contributed by atoms with Crippen LogP contribution in [0.5, 0.6) is 0 Å². The minimum atomic E-state index is 0.337. The second-order valence-corrected chi connectivity index (χ2v) is 5.60. The molecule has 0 saturated heterocycles. The summed E-state index contributed by atoms with van der Waals surface area (Å²) in [7, 11) is 0. The Hall–Kier alpha value is -0.720. The number of para-hydroxylation sites is 1. The maximum atomic E-state index is 7.65. The first kappa shape index (κ1) is 12.7. The van der Waals surface area contributed by atoms with Crippen molar-refractivity contribution in [1.82, 2.24) is 4.57 Å². The average Bonchev–Trinajstić information content (AvgIpc) is 2.68. The molecule has 1 heterocycles. The van der Waals surface area contributed by atoms with E-state index in [1.165, 1.54) is 22.0 Å². The fourth-order valence-electron chi connectivity index (χ4n) is 1.55. The third-order valence-corrected chi connectivity index (χ3v) is 4.04. The zero-order valence-corrected chi connectivity index (χ0v) is 11.9. The van der Waals surface area contributed by atoms with Crippen LogP contribution in [0.15, 0.2) is 29.3 Å². The van der Waals surface area contributed by atoms with E-state index in [2.05, 4.69) is 34.3 Å². The van der Waals surface area contributed by atoms with Crippen LogP contribution in [0.1, 0.15) is 0 Å². The minimum Gasteiger partial charge on any atom is -0.316 e. The molecule has 0 bridgehead atoms. The number of aryl methyl sites for hydroxylation is 1. The van der Waals surface area contributed by atoms with E-state index < -0.39 is 0 Å². The quantitative estimate of drug-likeness (QED) is 0.497. The molecule has 0 aliphatic heterocycles. The van der Waals surface area contributed by atoms with Gasteiger partial charge in [-0.2, -0.15) is 17.6 Å². The number of thiazole rings is 1. The summed E-state index contributed by atoms with van der Waals surface area (Å²) < 4.78 is 3.32. The summed E-state index contributed by atoms with van der Waals surface area (Å²) in [6.07, 6.45) is 1.86. The van der Waals surface area contributed by atoms with Gasteiger partial charge in [0.1, 0.15) is 0 Å². The van der Waals surface area contributed by atoms with Gasteiger partial charge in [-0.1, -0.05) is 35.2 Å². The van der Waals surface area contributed by atoms with E-state index in [-0.39, 0.29) is 0 Å². The molecule has 1 aromatic heterocycles. The summed E-state index contributed by atoms with van der Waals surface area (Å²) in [6.45, 7) is 0.813. The molecular formula is C11H13N3S3. The lowest BCUT2D eigenvalue weighted by Gasteiger charge is -2.01. The molecular weight excluding hydrogens is 270 g/mol. The number of amidine groups is 1. The SMILES string of the molecule is CSC(=N)/N=c1/sc2ccccc2n1CCS. The van der Waals surface area contributed by atoms with E-state index in [0.29, 0.717) is 5.17 Å². The highest BCUT2D eigenvalue weighted by Crippen LogP contribution is 2.16. The highest BCUT2D eigenvalue weighted by atomic mass is 32.2. The topological polar surface area (TPSA) is 41.1 Å². The Morgan fingerprint density at radius 2 is 2.29 bits per heavy atom. The van der Waals surface area contributed by atoms with Gasteiger partial charge >= 0.3 is 0 Å². The van der Waals surface area contributed by atoms with E-state index in [1.54, 1.807) is 11.3 Å². The molecule has 6 heteroatoms. The first-order valence-electron chi connectivity index (χ1n) is 5.12. The molecule has 0 aliphatic carbocycles. The second kappa shape index (κ2) is 5.75. The Labute approximate surface area is 114 Å². The van der Waals surface area contributed by atoms with E-state index in [0.717, 1.165) is 17.1 Å². The maximum Gasteiger partial charge on any atom is 0.192 e. The number of aromatic nitrogens is 1.